The van der Waals surface area contributed by atoms with E-state index in [-0.39, 0.29) is 11.9 Å². The normalized spacial score (nSPS) is 11.9. The number of hydrogen-bond acceptors (Lipinski definition) is 2. The highest BCUT2D eigenvalue weighted by Crippen LogP contribution is 2.11. The smallest absolute Gasteiger partial charge is 0.220 e. The van der Waals surface area contributed by atoms with Crippen LogP contribution in [0.4, 0.5) is 0 Å². The molecule has 0 unspecified atom stereocenters. The number of benzene rings is 1. The molecule has 2 rings (SSSR count). The molecule has 0 spiro atoms. The van der Waals surface area contributed by atoms with Gasteiger partial charge >= 0.3 is 0 Å². The lowest BCUT2D eigenvalue weighted by atomic mass is 10.1. The van der Waals surface area contributed by atoms with Gasteiger partial charge in [0.2, 0.25) is 5.91 Å². The van der Waals surface area contributed by atoms with Crippen LogP contribution in [0, 0.1) is 6.92 Å². The van der Waals surface area contributed by atoms with Gasteiger partial charge in [0.05, 0.1) is 6.04 Å². The predicted octanol–water partition coefficient (Wildman–Crippen LogP) is 3.20. The van der Waals surface area contributed by atoms with E-state index in [9.17, 15) is 4.79 Å². The number of carbonyl (C=O) groups is 1. The maximum absolute atomic E-state index is 11.9. The van der Waals surface area contributed by atoms with E-state index in [1.807, 2.05) is 19.1 Å². The molecule has 0 aliphatic rings. The van der Waals surface area contributed by atoms with Crippen LogP contribution in [0.25, 0.3) is 0 Å². The minimum atomic E-state index is -0.00535. The van der Waals surface area contributed by atoms with Crippen LogP contribution in [0.2, 0.25) is 0 Å². The lowest BCUT2D eigenvalue weighted by Gasteiger charge is -2.13. The molecule has 0 saturated carbocycles. The number of aromatic nitrogens is 1. The lowest BCUT2D eigenvalue weighted by Crippen LogP contribution is -2.26. The molecule has 1 amide bonds. The highest BCUT2D eigenvalue weighted by molar-refractivity contribution is 5.76. The largest absolute Gasteiger partial charge is 0.350 e. The molecule has 1 aromatic heterocycles. The average molecular weight is 268 g/mol. The zero-order valence-corrected chi connectivity index (χ0v) is 12.0. The molecule has 0 aliphatic carbocycles. The molecule has 3 heteroatoms. The van der Waals surface area contributed by atoms with Crippen molar-refractivity contribution in [2.24, 2.45) is 0 Å². The maximum atomic E-state index is 11.9. The van der Waals surface area contributed by atoms with Crippen LogP contribution in [0.5, 0.6) is 0 Å². The summed E-state index contributed by atoms with van der Waals surface area (Å²) in [7, 11) is 0. The monoisotopic (exact) mass is 268 g/mol. The molecule has 104 valence electrons. The van der Waals surface area contributed by atoms with Gasteiger partial charge in [0.1, 0.15) is 0 Å². The molecule has 1 N–H and O–H groups in total. The SMILES string of the molecule is Cc1ccc(CCC(=O)N[C@H](C)c2cccnc2)cc1. The average Bonchev–Trinajstić information content (AvgIpc) is 2.47. The summed E-state index contributed by atoms with van der Waals surface area (Å²) in [5.41, 5.74) is 3.46. The van der Waals surface area contributed by atoms with Crippen molar-refractivity contribution in [1.82, 2.24) is 10.3 Å². The van der Waals surface area contributed by atoms with Gasteiger partial charge in [-0.05, 0) is 37.5 Å². The predicted molar refractivity (Wildman–Crippen MR) is 80.3 cm³/mol. The minimum Gasteiger partial charge on any atom is -0.350 e. The van der Waals surface area contributed by atoms with Gasteiger partial charge in [0.15, 0.2) is 0 Å². The van der Waals surface area contributed by atoms with E-state index in [1.54, 1.807) is 12.4 Å². The van der Waals surface area contributed by atoms with Crippen molar-refractivity contribution < 1.29 is 4.79 Å². The number of nitrogens with one attached hydrogen (secondary N) is 1. The standard InChI is InChI=1S/C17H20N2O/c1-13-5-7-15(8-6-13)9-10-17(20)19-14(2)16-4-3-11-18-12-16/h3-8,11-12,14H,9-10H2,1-2H3,(H,19,20)/t14-/m1/s1. The van der Waals surface area contributed by atoms with Gasteiger partial charge in [-0.15, -0.1) is 0 Å². The summed E-state index contributed by atoms with van der Waals surface area (Å²) in [6.45, 7) is 4.03. The number of nitrogens with zero attached hydrogens (tertiary/aromatic N) is 1. The van der Waals surface area contributed by atoms with Gasteiger partial charge in [-0.3, -0.25) is 9.78 Å². The van der Waals surface area contributed by atoms with Crippen LogP contribution in [0.3, 0.4) is 0 Å². The summed E-state index contributed by atoms with van der Waals surface area (Å²) < 4.78 is 0. The molecule has 0 radical (unpaired) electrons. The molecule has 3 nitrogen and oxygen atoms in total. The first-order chi connectivity index (χ1) is 9.65. The molecule has 2 aromatic rings. The van der Waals surface area contributed by atoms with E-state index in [2.05, 4.69) is 41.5 Å². The number of pyridine rings is 1. The number of hydrogen-bond donors (Lipinski definition) is 1. The number of aryl methyl sites for hydroxylation is 2. The Balaban J connectivity index is 1.82. The van der Waals surface area contributed by atoms with Crippen molar-refractivity contribution >= 4 is 5.91 Å². The van der Waals surface area contributed by atoms with Crippen molar-refractivity contribution in [2.45, 2.75) is 32.7 Å². The summed E-state index contributed by atoms with van der Waals surface area (Å²) in [5.74, 6) is 0.0712. The third-order valence-corrected chi connectivity index (χ3v) is 3.32. The lowest BCUT2D eigenvalue weighted by molar-refractivity contribution is -0.121. The van der Waals surface area contributed by atoms with Crippen LogP contribution in [-0.4, -0.2) is 10.9 Å². The number of amides is 1. The Morgan fingerprint density at radius 1 is 1.25 bits per heavy atom. The Morgan fingerprint density at radius 3 is 2.65 bits per heavy atom. The molecule has 0 bridgehead atoms. The summed E-state index contributed by atoms with van der Waals surface area (Å²) in [5, 5.41) is 3.00. The highest BCUT2D eigenvalue weighted by atomic mass is 16.1. The van der Waals surface area contributed by atoms with Crippen LogP contribution >= 0.6 is 0 Å². The summed E-state index contributed by atoms with van der Waals surface area (Å²) in [6.07, 6.45) is 4.79. The van der Waals surface area contributed by atoms with E-state index in [0.29, 0.717) is 6.42 Å². The Hall–Kier alpha value is -2.16. The molecule has 0 saturated heterocycles. The molecular weight excluding hydrogens is 248 g/mol. The molecular formula is C17H20N2O. The van der Waals surface area contributed by atoms with Gasteiger partial charge in [-0.25, -0.2) is 0 Å². The van der Waals surface area contributed by atoms with Crippen LogP contribution < -0.4 is 5.32 Å². The van der Waals surface area contributed by atoms with E-state index < -0.39 is 0 Å². The first-order valence-corrected chi connectivity index (χ1v) is 6.90. The van der Waals surface area contributed by atoms with E-state index in [0.717, 1.165) is 12.0 Å². The highest BCUT2D eigenvalue weighted by Gasteiger charge is 2.09. The quantitative estimate of drug-likeness (QED) is 0.904. The van der Waals surface area contributed by atoms with Crippen molar-refractivity contribution in [1.29, 1.82) is 0 Å². The number of carbonyl (C=O) groups excluding carboxylic acids is 1. The van der Waals surface area contributed by atoms with E-state index >= 15 is 0 Å². The minimum absolute atomic E-state index is 0.00535. The van der Waals surface area contributed by atoms with Crippen molar-refractivity contribution in [3.8, 4) is 0 Å². The van der Waals surface area contributed by atoms with Crippen LogP contribution in [-0.2, 0) is 11.2 Å². The zero-order valence-electron chi connectivity index (χ0n) is 12.0. The topological polar surface area (TPSA) is 42.0 Å². The number of rotatable bonds is 5. The van der Waals surface area contributed by atoms with Crippen molar-refractivity contribution in [2.75, 3.05) is 0 Å². The Bertz CT molecular complexity index is 549. The van der Waals surface area contributed by atoms with Crippen molar-refractivity contribution in [3.05, 3.63) is 65.5 Å². The third kappa shape index (κ3) is 4.19. The molecule has 1 heterocycles. The molecule has 1 atom stereocenters. The molecule has 0 aliphatic heterocycles. The van der Waals surface area contributed by atoms with E-state index in [1.165, 1.54) is 11.1 Å². The van der Waals surface area contributed by atoms with Gasteiger partial charge in [-0.1, -0.05) is 35.9 Å². The van der Waals surface area contributed by atoms with Crippen molar-refractivity contribution in [3.63, 3.8) is 0 Å². The Labute approximate surface area is 120 Å². The second-order valence-corrected chi connectivity index (χ2v) is 5.06. The summed E-state index contributed by atoms with van der Waals surface area (Å²) >= 11 is 0. The van der Waals surface area contributed by atoms with Crippen LogP contribution in [0.1, 0.15) is 36.1 Å². The summed E-state index contributed by atoms with van der Waals surface area (Å²) in [4.78, 5) is 16.0. The van der Waals surface area contributed by atoms with E-state index in [4.69, 9.17) is 0 Å². The Morgan fingerprint density at radius 2 is 2.00 bits per heavy atom. The Kier molecular flexibility index (Phi) is 4.88. The second-order valence-electron chi connectivity index (χ2n) is 5.06. The fourth-order valence-electron chi connectivity index (χ4n) is 2.04. The van der Waals surface area contributed by atoms with Gasteiger partial charge in [0.25, 0.3) is 0 Å². The summed E-state index contributed by atoms with van der Waals surface area (Å²) in [6, 6.07) is 12.1. The molecule has 20 heavy (non-hydrogen) atoms. The fourth-order valence-corrected chi connectivity index (χ4v) is 2.04. The second kappa shape index (κ2) is 6.85. The molecule has 0 fully saturated rings. The maximum Gasteiger partial charge on any atom is 0.220 e. The third-order valence-electron chi connectivity index (χ3n) is 3.32. The first-order valence-electron chi connectivity index (χ1n) is 6.90. The van der Waals surface area contributed by atoms with Gasteiger partial charge in [0, 0.05) is 18.8 Å². The van der Waals surface area contributed by atoms with Gasteiger partial charge < -0.3 is 5.32 Å². The first kappa shape index (κ1) is 14.3. The van der Waals surface area contributed by atoms with Crippen LogP contribution in [0.15, 0.2) is 48.8 Å². The van der Waals surface area contributed by atoms with Gasteiger partial charge in [-0.2, -0.15) is 0 Å². The molecule has 1 aromatic carbocycles. The fraction of sp³-hybridized carbons (Fsp3) is 0.294. The zero-order chi connectivity index (χ0) is 14.4.